The minimum absolute atomic E-state index is 0.0723. The minimum atomic E-state index is -4.80. The molecule has 14 heteroatoms. The van der Waals surface area contributed by atoms with E-state index in [1.54, 1.807) is 0 Å². The van der Waals surface area contributed by atoms with Gasteiger partial charge in [0.15, 0.2) is 11.3 Å². The Morgan fingerprint density at radius 1 is 1.18 bits per heavy atom. The summed E-state index contributed by atoms with van der Waals surface area (Å²) < 4.78 is 99.9. The number of anilines is 1. The summed E-state index contributed by atoms with van der Waals surface area (Å²) in [4.78, 5) is 13.0. The number of aromatic nitrogens is 5. The fourth-order valence-electron chi connectivity index (χ4n) is 3.53. The molecule has 7 nitrogen and oxygen atoms in total. The Labute approximate surface area is 182 Å². The van der Waals surface area contributed by atoms with E-state index in [1.165, 1.54) is 23.4 Å². The van der Waals surface area contributed by atoms with Gasteiger partial charge in [-0.05, 0) is 12.1 Å². The number of hydrogen-bond acceptors (Lipinski definition) is 6. The van der Waals surface area contributed by atoms with Crippen molar-refractivity contribution in [3.05, 3.63) is 36.4 Å². The maximum Gasteiger partial charge on any atom is 0.437 e. The number of hydrogen-bond donors (Lipinski definition) is 0. The number of nitrogens with zero attached hydrogens (tertiary/aromatic N) is 6. The van der Waals surface area contributed by atoms with Gasteiger partial charge in [0.1, 0.15) is 23.6 Å². The molecule has 0 amide bonds. The molecular weight excluding hydrogens is 461 g/mol. The van der Waals surface area contributed by atoms with Crippen molar-refractivity contribution in [3.63, 3.8) is 0 Å². The molecular formula is C19H17F7N6O. The van der Waals surface area contributed by atoms with Gasteiger partial charge in [0.2, 0.25) is 0 Å². The van der Waals surface area contributed by atoms with E-state index >= 15 is 0 Å². The number of fused-ring (bicyclic) bond motifs is 1. The van der Waals surface area contributed by atoms with Crippen LogP contribution in [0.1, 0.15) is 12.1 Å². The standard InChI is InChI=1S/C19H17F7N6O/c20-14(21)9-32-17-12(6-29-32)28-7-15(30-17)31-5-3-18(22,23)11(8-31)10-33-13-2-1-4-27-16(13)19(24,25)26/h1-2,4,6-7,11,14H,3,5,8-10H2. The van der Waals surface area contributed by atoms with Gasteiger partial charge in [0, 0.05) is 25.7 Å². The monoisotopic (exact) mass is 478 g/mol. The largest absolute Gasteiger partial charge is 0.491 e. The summed E-state index contributed by atoms with van der Waals surface area (Å²) in [5, 5.41) is 3.81. The summed E-state index contributed by atoms with van der Waals surface area (Å²) in [5.41, 5.74) is -0.967. The van der Waals surface area contributed by atoms with Crippen LogP contribution in [0.15, 0.2) is 30.7 Å². The van der Waals surface area contributed by atoms with Crippen LogP contribution in [0, 0.1) is 5.92 Å². The van der Waals surface area contributed by atoms with Crippen LogP contribution < -0.4 is 9.64 Å². The second-order valence-corrected chi connectivity index (χ2v) is 7.47. The molecule has 1 atom stereocenters. The second kappa shape index (κ2) is 8.63. The molecule has 0 saturated carbocycles. The van der Waals surface area contributed by atoms with Crippen molar-refractivity contribution >= 4 is 17.0 Å². The van der Waals surface area contributed by atoms with Crippen LogP contribution >= 0.6 is 0 Å². The smallest absolute Gasteiger partial charge is 0.437 e. The first-order valence-electron chi connectivity index (χ1n) is 9.79. The number of alkyl halides is 7. The van der Waals surface area contributed by atoms with Crippen molar-refractivity contribution in [2.75, 3.05) is 24.6 Å². The molecule has 3 aromatic rings. The lowest BCUT2D eigenvalue weighted by Crippen LogP contribution is -2.49. The van der Waals surface area contributed by atoms with Gasteiger partial charge in [-0.2, -0.15) is 18.3 Å². The maximum atomic E-state index is 14.5. The van der Waals surface area contributed by atoms with Crippen molar-refractivity contribution in [2.45, 2.75) is 31.5 Å². The van der Waals surface area contributed by atoms with Crippen LogP contribution in [0.2, 0.25) is 0 Å². The SMILES string of the molecule is FC(F)Cn1ncc2ncc(N3CCC(F)(F)C(COc4cccnc4C(F)(F)F)C3)nc21. The Bertz CT molecular complexity index is 1120. The number of ether oxygens (including phenoxy) is 1. The molecule has 3 aromatic heterocycles. The van der Waals surface area contributed by atoms with E-state index in [1.807, 2.05) is 0 Å². The quantitative estimate of drug-likeness (QED) is 0.498. The van der Waals surface area contributed by atoms with Crippen LogP contribution in [-0.2, 0) is 12.7 Å². The highest BCUT2D eigenvalue weighted by Gasteiger charge is 2.45. The predicted octanol–water partition coefficient (Wildman–Crippen LogP) is 4.05. The molecule has 4 rings (SSSR count). The first-order chi connectivity index (χ1) is 15.5. The zero-order valence-corrected chi connectivity index (χ0v) is 16.8. The van der Waals surface area contributed by atoms with Crippen molar-refractivity contribution in [1.82, 2.24) is 24.7 Å². The Morgan fingerprint density at radius 2 is 1.97 bits per heavy atom. The average molecular weight is 478 g/mol. The van der Waals surface area contributed by atoms with E-state index in [0.717, 1.165) is 16.9 Å². The van der Waals surface area contributed by atoms with E-state index in [0.29, 0.717) is 0 Å². The molecule has 1 aliphatic heterocycles. The van der Waals surface area contributed by atoms with Gasteiger partial charge in [0.05, 0.1) is 24.9 Å². The molecule has 1 fully saturated rings. The van der Waals surface area contributed by atoms with Gasteiger partial charge in [0.25, 0.3) is 12.3 Å². The molecule has 0 aromatic carbocycles. The molecule has 1 saturated heterocycles. The summed E-state index contributed by atoms with van der Waals surface area (Å²) in [7, 11) is 0. The van der Waals surface area contributed by atoms with Crippen LogP contribution in [0.4, 0.5) is 36.6 Å². The molecule has 0 N–H and O–H groups in total. The molecule has 4 heterocycles. The molecule has 0 radical (unpaired) electrons. The summed E-state index contributed by atoms with van der Waals surface area (Å²) >= 11 is 0. The number of rotatable bonds is 6. The summed E-state index contributed by atoms with van der Waals surface area (Å²) in [6.45, 7) is -1.81. The fourth-order valence-corrected chi connectivity index (χ4v) is 3.53. The molecule has 0 bridgehead atoms. The first-order valence-corrected chi connectivity index (χ1v) is 9.79. The highest BCUT2D eigenvalue weighted by molar-refractivity contribution is 5.71. The van der Waals surface area contributed by atoms with Gasteiger partial charge in [-0.25, -0.2) is 37.2 Å². The Kier molecular flexibility index (Phi) is 6.01. The topological polar surface area (TPSA) is 69.0 Å². The molecule has 0 aliphatic carbocycles. The van der Waals surface area contributed by atoms with E-state index in [4.69, 9.17) is 4.74 Å². The third kappa shape index (κ3) is 4.93. The van der Waals surface area contributed by atoms with Crippen molar-refractivity contribution in [1.29, 1.82) is 0 Å². The van der Waals surface area contributed by atoms with Gasteiger partial charge < -0.3 is 9.64 Å². The molecule has 0 spiro atoms. The van der Waals surface area contributed by atoms with Gasteiger partial charge in [-0.1, -0.05) is 0 Å². The maximum absolute atomic E-state index is 14.5. The van der Waals surface area contributed by atoms with Crippen LogP contribution in [0.25, 0.3) is 11.2 Å². The molecule has 1 aliphatic rings. The predicted molar refractivity (Wildman–Crippen MR) is 101 cm³/mol. The van der Waals surface area contributed by atoms with E-state index in [2.05, 4.69) is 20.1 Å². The fraction of sp³-hybridized carbons (Fsp3) is 0.474. The molecule has 178 valence electrons. The van der Waals surface area contributed by atoms with Crippen molar-refractivity contribution < 1.29 is 35.5 Å². The highest BCUT2D eigenvalue weighted by atomic mass is 19.4. The van der Waals surface area contributed by atoms with E-state index in [-0.39, 0.29) is 30.1 Å². The second-order valence-electron chi connectivity index (χ2n) is 7.47. The summed E-state index contributed by atoms with van der Waals surface area (Å²) in [6, 6.07) is 2.22. The number of halogens is 7. The molecule has 33 heavy (non-hydrogen) atoms. The van der Waals surface area contributed by atoms with Crippen molar-refractivity contribution in [3.8, 4) is 5.75 Å². The Hall–Kier alpha value is -3.19. The lowest BCUT2D eigenvalue weighted by atomic mass is 9.94. The van der Waals surface area contributed by atoms with E-state index in [9.17, 15) is 30.7 Å². The Morgan fingerprint density at radius 3 is 2.70 bits per heavy atom. The van der Waals surface area contributed by atoms with Crippen molar-refractivity contribution in [2.24, 2.45) is 5.92 Å². The van der Waals surface area contributed by atoms with Gasteiger partial charge in [-0.15, -0.1) is 0 Å². The lowest BCUT2D eigenvalue weighted by Gasteiger charge is -2.38. The lowest BCUT2D eigenvalue weighted by molar-refractivity contribution is -0.143. The minimum Gasteiger partial charge on any atom is -0.491 e. The van der Waals surface area contributed by atoms with Crippen LogP contribution in [0.5, 0.6) is 5.75 Å². The normalized spacial score (nSPS) is 18.8. The molecule has 1 unspecified atom stereocenters. The highest BCUT2D eigenvalue weighted by Crippen LogP contribution is 2.38. The average Bonchev–Trinajstić information content (AvgIpc) is 3.13. The third-order valence-electron chi connectivity index (χ3n) is 5.20. The van der Waals surface area contributed by atoms with Gasteiger partial charge >= 0.3 is 6.18 Å². The Balaban J connectivity index is 1.53. The van der Waals surface area contributed by atoms with E-state index < -0.39 is 55.5 Å². The van der Waals surface area contributed by atoms with Crippen LogP contribution in [0.3, 0.4) is 0 Å². The zero-order valence-electron chi connectivity index (χ0n) is 16.8. The number of pyridine rings is 1. The summed E-state index contributed by atoms with van der Waals surface area (Å²) in [5.74, 6) is -5.14. The van der Waals surface area contributed by atoms with Crippen LogP contribution in [-0.4, -0.2) is 56.8 Å². The third-order valence-corrected chi connectivity index (χ3v) is 5.20. The first kappa shape index (κ1) is 23.0. The van der Waals surface area contributed by atoms with Gasteiger partial charge in [-0.3, -0.25) is 0 Å². The zero-order chi connectivity index (χ0) is 23.8. The number of piperidine rings is 1. The summed E-state index contributed by atoms with van der Waals surface area (Å²) in [6.07, 6.45) is -4.58.